The zero-order valence-electron chi connectivity index (χ0n) is 11.1. The molecule has 2 atom stereocenters. The largest absolute Gasteiger partial charge is 0.300 e. The van der Waals surface area contributed by atoms with Crippen LogP contribution in [0.3, 0.4) is 0 Å². The lowest BCUT2D eigenvalue weighted by Gasteiger charge is -2.29. The molecule has 2 rings (SSSR count). The minimum absolute atomic E-state index is 0.535. The van der Waals surface area contributed by atoms with Crippen molar-refractivity contribution in [3.05, 3.63) is 0 Å². The molecular weight excluding hydrogens is 182 g/mol. The minimum atomic E-state index is 0.535. The van der Waals surface area contributed by atoms with Crippen LogP contribution in [0.1, 0.15) is 47.5 Å². The second-order valence-corrected chi connectivity index (χ2v) is 7.10. The van der Waals surface area contributed by atoms with Crippen molar-refractivity contribution in [1.82, 2.24) is 4.90 Å². The van der Waals surface area contributed by atoms with Crippen LogP contribution in [0.5, 0.6) is 0 Å². The molecule has 0 radical (unpaired) electrons. The molecule has 1 heterocycles. The molecular formula is C14H27N. The fourth-order valence-corrected chi connectivity index (χ4v) is 3.46. The Balaban J connectivity index is 1.94. The van der Waals surface area contributed by atoms with Crippen LogP contribution in [0.4, 0.5) is 0 Å². The highest BCUT2D eigenvalue weighted by Gasteiger charge is 2.44. The van der Waals surface area contributed by atoms with Gasteiger partial charge in [0.05, 0.1) is 0 Å². The quantitative estimate of drug-likeness (QED) is 0.640. The molecule has 1 aliphatic heterocycles. The molecule has 2 fully saturated rings. The maximum Gasteiger partial charge on any atom is 0.00388 e. The average molecular weight is 209 g/mol. The van der Waals surface area contributed by atoms with E-state index >= 15 is 0 Å². The lowest BCUT2D eigenvalue weighted by molar-refractivity contribution is 0.197. The fourth-order valence-electron chi connectivity index (χ4n) is 3.46. The van der Waals surface area contributed by atoms with Gasteiger partial charge in [0.1, 0.15) is 0 Å². The number of nitrogens with zero attached hydrogens (tertiary/aromatic N) is 1. The summed E-state index contributed by atoms with van der Waals surface area (Å²) in [5, 5.41) is 0. The Kier molecular flexibility index (Phi) is 2.87. The van der Waals surface area contributed by atoms with Crippen LogP contribution in [0.25, 0.3) is 0 Å². The molecule has 1 saturated carbocycles. The molecule has 1 aliphatic carbocycles. The zero-order chi connectivity index (χ0) is 11.2. The van der Waals surface area contributed by atoms with Crippen LogP contribution < -0.4 is 0 Å². The monoisotopic (exact) mass is 209 g/mol. The molecule has 88 valence electrons. The van der Waals surface area contributed by atoms with Gasteiger partial charge in [0, 0.05) is 19.1 Å². The first-order chi connectivity index (χ1) is 6.88. The summed E-state index contributed by atoms with van der Waals surface area (Å²) >= 11 is 0. The molecule has 0 amide bonds. The van der Waals surface area contributed by atoms with Gasteiger partial charge in [-0.05, 0) is 49.9 Å². The zero-order valence-corrected chi connectivity index (χ0v) is 11.1. The van der Waals surface area contributed by atoms with Gasteiger partial charge in [0.15, 0.2) is 0 Å². The van der Waals surface area contributed by atoms with E-state index in [9.17, 15) is 0 Å². The number of likely N-dealkylation sites (tertiary alicyclic amines) is 1. The highest BCUT2D eigenvalue weighted by atomic mass is 15.2. The first kappa shape index (κ1) is 11.4. The molecule has 2 aliphatic rings. The van der Waals surface area contributed by atoms with Crippen molar-refractivity contribution in [2.24, 2.45) is 23.2 Å². The first-order valence-corrected chi connectivity index (χ1v) is 6.62. The van der Waals surface area contributed by atoms with Crippen molar-refractivity contribution in [3.8, 4) is 0 Å². The van der Waals surface area contributed by atoms with E-state index in [2.05, 4.69) is 39.5 Å². The Morgan fingerprint density at radius 3 is 1.80 bits per heavy atom. The second kappa shape index (κ2) is 3.76. The maximum absolute atomic E-state index is 2.67. The van der Waals surface area contributed by atoms with Crippen LogP contribution >= 0.6 is 0 Å². The van der Waals surface area contributed by atoms with Gasteiger partial charge in [0.25, 0.3) is 0 Å². The first-order valence-electron chi connectivity index (χ1n) is 6.62. The van der Waals surface area contributed by atoms with E-state index in [1.165, 1.54) is 25.9 Å². The summed E-state index contributed by atoms with van der Waals surface area (Å²) in [4.78, 5) is 2.67. The average Bonchev–Trinajstić information content (AvgIpc) is 2.55. The normalized spacial score (nSPS) is 37.6. The van der Waals surface area contributed by atoms with Gasteiger partial charge in [0.2, 0.25) is 0 Å². The third-order valence-corrected chi connectivity index (χ3v) is 4.73. The molecule has 15 heavy (non-hydrogen) atoms. The Bertz CT molecular complexity index is 212. The molecule has 0 bridgehead atoms. The molecule has 2 unspecified atom stereocenters. The molecule has 1 nitrogen and oxygen atoms in total. The predicted molar refractivity (Wildman–Crippen MR) is 65.9 cm³/mol. The van der Waals surface area contributed by atoms with Crippen molar-refractivity contribution >= 4 is 0 Å². The summed E-state index contributed by atoms with van der Waals surface area (Å²) < 4.78 is 0. The highest BCUT2D eigenvalue weighted by Crippen LogP contribution is 2.48. The standard InChI is InChI=1S/C14H27N/c1-10(2)15-8-11-6-13(14(3,4)5)7-12(11)9-15/h10-13H,6-9H2,1-5H3. The number of hydrogen-bond donors (Lipinski definition) is 0. The van der Waals surface area contributed by atoms with Crippen molar-refractivity contribution in [3.63, 3.8) is 0 Å². The Labute approximate surface area is 95.2 Å². The maximum atomic E-state index is 2.67. The van der Waals surface area contributed by atoms with E-state index in [0.717, 1.165) is 23.8 Å². The topological polar surface area (TPSA) is 3.24 Å². The van der Waals surface area contributed by atoms with Crippen molar-refractivity contribution < 1.29 is 0 Å². The van der Waals surface area contributed by atoms with E-state index in [1.54, 1.807) is 0 Å². The van der Waals surface area contributed by atoms with Crippen LogP contribution in [0.15, 0.2) is 0 Å². The van der Waals surface area contributed by atoms with Gasteiger partial charge in [-0.2, -0.15) is 0 Å². The summed E-state index contributed by atoms with van der Waals surface area (Å²) in [6.45, 7) is 14.7. The molecule has 1 heteroatoms. The summed E-state index contributed by atoms with van der Waals surface area (Å²) in [7, 11) is 0. The molecule has 0 aromatic rings. The van der Waals surface area contributed by atoms with Gasteiger partial charge >= 0.3 is 0 Å². The number of rotatable bonds is 1. The third-order valence-electron chi connectivity index (χ3n) is 4.73. The SMILES string of the molecule is CC(C)N1CC2CC(C(C)(C)C)CC2C1. The second-order valence-electron chi connectivity index (χ2n) is 7.10. The van der Waals surface area contributed by atoms with Crippen LogP contribution in [0, 0.1) is 23.2 Å². The highest BCUT2D eigenvalue weighted by molar-refractivity contribution is 4.95. The fraction of sp³-hybridized carbons (Fsp3) is 1.00. The molecule has 0 spiro atoms. The summed E-state index contributed by atoms with van der Waals surface area (Å²) in [5.41, 5.74) is 0.535. The van der Waals surface area contributed by atoms with E-state index in [0.29, 0.717) is 5.41 Å². The van der Waals surface area contributed by atoms with Crippen LogP contribution in [-0.2, 0) is 0 Å². The molecule has 0 aromatic heterocycles. The van der Waals surface area contributed by atoms with E-state index in [4.69, 9.17) is 0 Å². The number of hydrogen-bond acceptors (Lipinski definition) is 1. The van der Waals surface area contributed by atoms with Crippen LogP contribution in [0.2, 0.25) is 0 Å². The van der Waals surface area contributed by atoms with Gasteiger partial charge < -0.3 is 4.90 Å². The predicted octanol–water partition coefficient (Wildman–Crippen LogP) is 3.40. The van der Waals surface area contributed by atoms with E-state index < -0.39 is 0 Å². The summed E-state index contributed by atoms with van der Waals surface area (Å²) in [6, 6.07) is 0.753. The Morgan fingerprint density at radius 1 is 1.00 bits per heavy atom. The van der Waals surface area contributed by atoms with Gasteiger partial charge in [-0.15, -0.1) is 0 Å². The van der Waals surface area contributed by atoms with Crippen LogP contribution in [-0.4, -0.2) is 24.0 Å². The van der Waals surface area contributed by atoms with Gasteiger partial charge in [-0.25, -0.2) is 0 Å². The molecule has 1 saturated heterocycles. The van der Waals surface area contributed by atoms with Gasteiger partial charge in [-0.1, -0.05) is 20.8 Å². The third kappa shape index (κ3) is 2.22. The van der Waals surface area contributed by atoms with E-state index in [1.807, 2.05) is 0 Å². The number of fused-ring (bicyclic) bond motifs is 1. The molecule has 0 aromatic carbocycles. The lowest BCUT2D eigenvalue weighted by atomic mass is 9.79. The molecule has 0 N–H and O–H groups in total. The smallest absolute Gasteiger partial charge is 0.00388 e. The van der Waals surface area contributed by atoms with E-state index in [-0.39, 0.29) is 0 Å². The van der Waals surface area contributed by atoms with Crippen molar-refractivity contribution in [2.45, 2.75) is 53.5 Å². The summed E-state index contributed by atoms with van der Waals surface area (Å²) in [5.74, 6) is 3.00. The van der Waals surface area contributed by atoms with Crippen molar-refractivity contribution in [1.29, 1.82) is 0 Å². The minimum Gasteiger partial charge on any atom is -0.300 e. The Hall–Kier alpha value is -0.0400. The lowest BCUT2D eigenvalue weighted by Crippen LogP contribution is -2.30. The van der Waals surface area contributed by atoms with Crippen molar-refractivity contribution in [2.75, 3.05) is 13.1 Å². The van der Waals surface area contributed by atoms with Gasteiger partial charge in [-0.3, -0.25) is 0 Å². The summed E-state index contributed by atoms with van der Waals surface area (Å²) in [6.07, 6.45) is 2.97. The Morgan fingerprint density at radius 2 is 1.47 bits per heavy atom.